The average molecular weight is 355 g/mol. The molecule has 0 atom stereocenters. The summed E-state index contributed by atoms with van der Waals surface area (Å²) >= 11 is 8.96. The van der Waals surface area contributed by atoms with E-state index in [1.165, 1.54) is 4.31 Å². The van der Waals surface area contributed by atoms with Crippen molar-refractivity contribution in [3.63, 3.8) is 0 Å². The number of hydrogen-bond donors (Lipinski definition) is 0. The number of benzene rings is 1. The normalized spacial score (nSPS) is 12.0. The van der Waals surface area contributed by atoms with Gasteiger partial charge in [0, 0.05) is 23.9 Å². The predicted molar refractivity (Wildman–Crippen MR) is 79.3 cm³/mol. The van der Waals surface area contributed by atoms with Gasteiger partial charge < -0.3 is 0 Å². The topological polar surface area (TPSA) is 37.4 Å². The first-order valence-electron chi connectivity index (χ1n) is 5.71. The van der Waals surface area contributed by atoms with Gasteiger partial charge in [0.25, 0.3) is 0 Å². The monoisotopic (exact) mass is 353 g/mol. The molecule has 0 fully saturated rings. The van der Waals surface area contributed by atoms with Crippen molar-refractivity contribution in [3.05, 3.63) is 34.3 Å². The lowest BCUT2D eigenvalue weighted by molar-refractivity contribution is 0.464. The fraction of sp³-hybridized carbons (Fsp3) is 0.500. The first-order valence-corrected chi connectivity index (χ1v) is 8.64. The van der Waals surface area contributed by atoms with Gasteiger partial charge in [0.15, 0.2) is 0 Å². The average Bonchev–Trinajstić information content (AvgIpc) is 2.32. The second-order valence-electron chi connectivity index (χ2n) is 4.06. The van der Waals surface area contributed by atoms with Gasteiger partial charge in [-0.2, -0.15) is 0 Å². The Morgan fingerprint density at radius 2 is 1.94 bits per heavy atom. The Morgan fingerprint density at radius 1 is 1.28 bits per heavy atom. The van der Waals surface area contributed by atoms with Crippen molar-refractivity contribution in [2.45, 2.75) is 19.4 Å². The second kappa shape index (κ2) is 7.48. The molecule has 0 aliphatic carbocycles. The SMILES string of the molecule is CN(Cc1ccccc1Br)S(=O)(=O)CCCCCl. The summed E-state index contributed by atoms with van der Waals surface area (Å²) in [6.45, 7) is 0.380. The summed E-state index contributed by atoms with van der Waals surface area (Å²) in [7, 11) is -1.59. The second-order valence-corrected chi connectivity index (χ2v) is 7.49. The quantitative estimate of drug-likeness (QED) is 0.557. The van der Waals surface area contributed by atoms with Crippen LogP contribution in [0.3, 0.4) is 0 Å². The van der Waals surface area contributed by atoms with E-state index >= 15 is 0 Å². The van der Waals surface area contributed by atoms with E-state index in [0.29, 0.717) is 18.8 Å². The number of nitrogens with zero attached hydrogens (tertiary/aromatic N) is 1. The van der Waals surface area contributed by atoms with E-state index < -0.39 is 10.0 Å². The van der Waals surface area contributed by atoms with Gasteiger partial charge in [0.2, 0.25) is 10.0 Å². The van der Waals surface area contributed by atoms with Crippen LogP contribution in [-0.2, 0) is 16.6 Å². The number of halogens is 2. The molecule has 0 bridgehead atoms. The van der Waals surface area contributed by atoms with E-state index in [9.17, 15) is 8.42 Å². The lowest BCUT2D eigenvalue weighted by Crippen LogP contribution is -2.29. The maximum absolute atomic E-state index is 12.0. The molecule has 1 aromatic carbocycles. The van der Waals surface area contributed by atoms with Crippen LogP contribution in [0, 0.1) is 0 Å². The Labute approximate surface area is 122 Å². The van der Waals surface area contributed by atoms with E-state index in [4.69, 9.17) is 11.6 Å². The third-order valence-electron chi connectivity index (χ3n) is 2.61. The standard InChI is InChI=1S/C12H17BrClNO2S/c1-15(18(16,17)9-5-4-8-14)10-11-6-2-3-7-12(11)13/h2-3,6-7H,4-5,8-10H2,1H3. The minimum atomic E-state index is -3.19. The zero-order chi connectivity index (χ0) is 13.6. The Kier molecular flexibility index (Phi) is 6.63. The van der Waals surface area contributed by atoms with Gasteiger partial charge in [-0.3, -0.25) is 0 Å². The van der Waals surface area contributed by atoms with Gasteiger partial charge in [0.1, 0.15) is 0 Å². The molecule has 18 heavy (non-hydrogen) atoms. The van der Waals surface area contributed by atoms with Crippen LogP contribution in [0.1, 0.15) is 18.4 Å². The molecule has 102 valence electrons. The molecule has 0 spiro atoms. The number of alkyl halides is 1. The molecule has 0 radical (unpaired) electrons. The third kappa shape index (κ3) is 4.88. The van der Waals surface area contributed by atoms with E-state index in [1.54, 1.807) is 7.05 Å². The molecule has 0 saturated heterocycles. The van der Waals surface area contributed by atoms with E-state index in [1.807, 2.05) is 24.3 Å². The molecule has 0 aliphatic rings. The zero-order valence-corrected chi connectivity index (χ0v) is 13.4. The molecule has 6 heteroatoms. The van der Waals surface area contributed by atoms with Gasteiger partial charge in [0.05, 0.1) is 5.75 Å². The van der Waals surface area contributed by atoms with Crippen molar-refractivity contribution in [2.75, 3.05) is 18.7 Å². The molecule has 1 aromatic rings. The van der Waals surface area contributed by atoms with Crippen LogP contribution in [0.25, 0.3) is 0 Å². The third-order valence-corrected chi connectivity index (χ3v) is 5.54. The highest BCUT2D eigenvalue weighted by atomic mass is 79.9. The molecule has 0 amide bonds. The van der Waals surface area contributed by atoms with Crippen LogP contribution >= 0.6 is 27.5 Å². The number of sulfonamides is 1. The first-order chi connectivity index (χ1) is 8.47. The Bertz CT molecular complexity index is 479. The van der Waals surface area contributed by atoms with Crippen LogP contribution in [-0.4, -0.2) is 31.4 Å². The maximum Gasteiger partial charge on any atom is 0.214 e. The van der Waals surface area contributed by atoms with Crippen LogP contribution in [0.4, 0.5) is 0 Å². The van der Waals surface area contributed by atoms with Crippen molar-refractivity contribution in [3.8, 4) is 0 Å². The number of rotatable bonds is 7. The van der Waals surface area contributed by atoms with Gasteiger partial charge >= 0.3 is 0 Å². The van der Waals surface area contributed by atoms with Gasteiger partial charge in [-0.1, -0.05) is 34.1 Å². The lowest BCUT2D eigenvalue weighted by atomic mass is 10.2. The van der Waals surface area contributed by atoms with Crippen LogP contribution in [0.15, 0.2) is 28.7 Å². The van der Waals surface area contributed by atoms with Crippen molar-refractivity contribution in [1.29, 1.82) is 0 Å². The van der Waals surface area contributed by atoms with E-state index in [2.05, 4.69) is 15.9 Å². The number of hydrogen-bond acceptors (Lipinski definition) is 2. The Balaban J connectivity index is 2.64. The summed E-state index contributed by atoms with van der Waals surface area (Å²) in [5, 5.41) is 0. The van der Waals surface area contributed by atoms with Crippen LogP contribution in [0.5, 0.6) is 0 Å². The van der Waals surface area contributed by atoms with Gasteiger partial charge in [-0.15, -0.1) is 11.6 Å². The summed E-state index contributed by atoms with van der Waals surface area (Å²) in [4.78, 5) is 0. The van der Waals surface area contributed by atoms with Crippen molar-refractivity contribution in [2.24, 2.45) is 0 Å². The summed E-state index contributed by atoms with van der Waals surface area (Å²) in [6.07, 6.45) is 1.33. The molecule has 0 saturated carbocycles. The molecule has 0 N–H and O–H groups in total. The van der Waals surface area contributed by atoms with Gasteiger partial charge in [-0.25, -0.2) is 12.7 Å². The maximum atomic E-state index is 12.0. The lowest BCUT2D eigenvalue weighted by Gasteiger charge is -2.17. The van der Waals surface area contributed by atoms with Crippen LogP contribution in [0.2, 0.25) is 0 Å². The van der Waals surface area contributed by atoms with Crippen molar-refractivity contribution < 1.29 is 8.42 Å². The summed E-state index contributed by atoms with van der Waals surface area (Å²) in [5.41, 5.74) is 0.959. The molecule has 0 unspecified atom stereocenters. The van der Waals surface area contributed by atoms with E-state index in [0.717, 1.165) is 16.5 Å². The van der Waals surface area contributed by atoms with Crippen LogP contribution < -0.4 is 0 Å². The van der Waals surface area contributed by atoms with Crippen molar-refractivity contribution in [1.82, 2.24) is 4.31 Å². The minimum absolute atomic E-state index is 0.153. The predicted octanol–water partition coefficient (Wildman–Crippen LogP) is 3.23. The highest BCUT2D eigenvalue weighted by Gasteiger charge is 2.18. The first kappa shape index (κ1) is 16.0. The molecule has 0 heterocycles. The fourth-order valence-electron chi connectivity index (χ4n) is 1.50. The highest BCUT2D eigenvalue weighted by molar-refractivity contribution is 9.10. The zero-order valence-electron chi connectivity index (χ0n) is 10.3. The summed E-state index contributed by atoms with van der Waals surface area (Å²) < 4.78 is 26.3. The number of unbranched alkanes of at least 4 members (excludes halogenated alkanes) is 1. The Hall–Kier alpha value is -0.100. The molecular weight excluding hydrogens is 338 g/mol. The largest absolute Gasteiger partial charge is 0.214 e. The smallest absolute Gasteiger partial charge is 0.212 e. The highest BCUT2D eigenvalue weighted by Crippen LogP contribution is 2.18. The van der Waals surface area contributed by atoms with E-state index in [-0.39, 0.29) is 5.75 Å². The molecule has 0 aromatic heterocycles. The Morgan fingerprint density at radius 3 is 2.56 bits per heavy atom. The van der Waals surface area contributed by atoms with Gasteiger partial charge in [-0.05, 0) is 24.5 Å². The summed E-state index contributed by atoms with van der Waals surface area (Å²) in [6, 6.07) is 7.62. The minimum Gasteiger partial charge on any atom is -0.212 e. The molecule has 0 aliphatic heterocycles. The molecular formula is C12H17BrClNO2S. The molecule has 1 rings (SSSR count). The molecule has 3 nitrogen and oxygen atoms in total. The van der Waals surface area contributed by atoms with Crippen molar-refractivity contribution >= 4 is 37.6 Å². The fourth-order valence-corrected chi connectivity index (χ4v) is 3.32. The summed E-state index contributed by atoms with van der Waals surface area (Å²) in [5.74, 6) is 0.657.